The van der Waals surface area contributed by atoms with Crippen molar-refractivity contribution in [1.82, 2.24) is 5.32 Å². The van der Waals surface area contributed by atoms with Gasteiger partial charge in [0.25, 0.3) is 0 Å². The molecule has 0 atom stereocenters. The molecule has 6 heteroatoms. The number of ether oxygens (including phenoxy) is 2. The fourth-order valence-corrected chi connectivity index (χ4v) is 4.86. The zero-order valence-corrected chi connectivity index (χ0v) is 20.0. The highest BCUT2D eigenvalue weighted by Crippen LogP contribution is 2.34. The van der Waals surface area contributed by atoms with Gasteiger partial charge in [-0.15, -0.1) is 11.8 Å². The van der Waals surface area contributed by atoms with Gasteiger partial charge in [-0.05, 0) is 69.9 Å². The van der Waals surface area contributed by atoms with E-state index in [2.05, 4.69) is 11.4 Å². The first kappa shape index (κ1) is 24.2. The normalized spacial score (nSPS) is 14.2. The van der Waals surface area contributed by atoms with E-state index in [1.165, 1.54) is 25.7 Å². The highest BCUT2D eigenvalue weighted by atomic mass is 32.2. The lowest BCUT2D eigenvalue weighted by atomic mass is 10.1. The SMILES string of the molecule is CC(C)(C)OC(=O)NCCc1ccc(OCC(=O)c2cccc(SC3CCCC3)c2)cc1. The maximum Gasteiger partial charge on any atom is 0.407 e. The van der Waals surface area contributed by atoms with Crippen molar-refractivity contribution in [3.05, 3.63) is 59.7 Å². The van der Waals surface area contributed by atoms with Crippen LogP contribution in [0.15, 0.2) is 53.4 Å². The second-order valence-corrected chi connectivity index (χ2v) is 10.5. The van der Waals surface area contributed by atoms with Gasteiger partial charge < -0.3 is 14.8 Å². The van der Waals surface area contributed by atoms with E-state index >= 15 is 0 Å². The molecule has 0 radical (unpaired) electrons. The first-order chi connectivity index (χ1) is 15.3. The van der Waals surface area contributed by atoms with Crippen LogP contribution in [0.3, 0.4) is 0 Å². The highest BCUT2D eigenvalue weighted by Gasteiger charge is 2.17. The first-order valence-corrected chi connectivity index (χ1v) is 12.1. The standard InChI is InChI=1S/C26H33NO4S/c1-26(2,3)31-25(29)27-16-15-19-11-13-21(14-12-19)30-18-24(28)20-7-6-10-23(17-20)32-22-8-4-5-9-22/h6-7,10-14,17,22H,4-5,8-9,15-16,18H2,1-3H3,(H,27,29). The van der Waals surface area contributed by atoms with Gasteiger partial charge in [0, 0.05) is 22.3 Å². The van der Waals surface area contributed by atoms with Crippen molar-refractivity contribution < 1.29 is 19.1 Å². The van der Waals surface area contributed by atoms with E-state index in [1.807, 2.05) is 75.0 Å². The molecule has 172 valence electrons. The molecular formula is C26H33NO4S. The Morgan fingerprint density at radius 2 is 1.78 bits per heavy atom. The van der Waals surface area contributed by atoms with Crippen molar-refractivity contribution in [3.63, 3.8) is 0 Å². The third-order valence-electron chi connectivity index (χ3n) is 5.14. The van der Waals surface area contributed by atoms with Gasteiger partial charge in [-0.25, -0.2) is 4.79 Å². The number of nitrogens with one attached hydrogen (secondary N) is 1. The minimum Gasteiger partial charge on any atom is -0.485 e. The summed E-state index contributed by atoms with van der Waals surface area (Å²) in [6.07, 6.45) is 5.41. The van der Waals surface area contributed by atoms with Crippen LogP contribution in [0.25, 0.3) is 0 Å². The smallest absolute Gasteiger partial charge is 0.407 e. The summed E-state index contributed by atoms with van der Waals surface area (Å²) >= 11 is 1.88. The number of carbonyl (C=O) groups is 2. The van der Waals surface area contributed by atoms with Crippen LogP contribution < -0.4 is 10.1 Å². The Morgan fingerprint density at radius 3 is 2.47 bits per heavy atom. The fraction of sp³-hybridized carbons (Fsp3) is 0.462. The molecule has 0 heterocycles. The van der Waals surface area contributed by atoms with Crippen molar-refractivity contribution in [2.45, 2.75) is 68.6 Å². The van der Waals surface area contributed by atoms with Gasteiger partial charge in [-0.1, -0.05) is 37.1 Å². The third-order valence-corrected chi connectivity index (χ3v) is 6.47. The van der Waals surface area contributed by atoms with Gasteiger partial charge in [0.1, 0.15) is 11.4 Å². The average Bonchev–Trinajstić information content (AvgIpc) is 3.25. The van der Waals surface area contributed by atoms with E-state index in [0.29, 0.717) is 29.5 Å². The molecule has 32 heavy (non-hydrogen) atoms. The van der Waals surface area contributed by atoms with E-state index in [-0.39, 0.29) is 12.4 Å². The Balaban J connectivity index is 1.42. The predicted molar refractivity (Wildman–Crippen MR) is 129 cm³/mol. The van der Waals surface area contributed by atoms with Crippen molar-refractivity contribution in [3.8, 4) is 5.75 Å². The lowest BCUT2D eigenvalue weighted by Crippen LogP contribution is -2.33. The molecule has 0 aliphatic heterocycles. The number of benzene rings is 2. The summed E-state index contributed by atoms with van der Waals surface area (Å²) in [7, 11) is 0. The number of hydrogen-bond acceptors (Lipinski definition) is 5. The molecule has 2 aromatic rings. The summed E-state index contributed by atoms with van der Waals surface area (Å²) in [5.74, 6) is 0.628. The van der Waals surface area contributed by atoms with Crippen molar-refractivity contribution in [1.29, 1.82) is 0 Å². The Kier molecular flexibility index (Phi) is 8.62. The zero-order chi connectivity index (χ0) is 23.0. The van der Waals surface area contributed by atoms with E-state index in [4.69, 9.17) is 9.47 Å². The molecule has 0 spiro atoms. The summed E-state index contributed by atoms with van der Waals surface area (Å²) in [4.78, 5) is 25.4. The molecule has 0 aromatic heterocycles. The molecule has 1 N–H and O–H groups in total. The second kappa shape index (κ2) is 11.4. The summed E-state index contributed by atoms with van der Waals surface area (Å²) in [6, 6.07) is 15.4. The minimum absolute atomic E-state index is 0.0110. The van der Waals surface area contributed by atoms with Crippen LogP contribution in [0.4, 0.5) is 4.79 Å². The Labute approximate surface area is 195 Å². The quantitative estimate of drug-likeness (QED) is 0.466. The molecule has 5 nitrogen and oxygen atoms in total. The van der Waals surface area contributed by atoms with Crippen LogP contribution in [-0.4, -0.2) is 35.9 Å². The van der Waals surface area contributed by atoms with Crippen LogP contribution in [-0.2, 0) is 11.2 Å². The van der Waals surface area contributed by atoms with Crippen LogP contribution in [0, 0.1) is 0 Å². The van der Waals surface area contributed by atoms with E-state index < -0.39 is 11.7 Å². The lowest BCUT2D eigenvalue weighted by Gasteiger charge is -2.19. The van der Waals surface area contributed by atoms with Gasteiger partial charge in [0.15, 0.2) is 12.4 Å². The minimum atomic E-state index is -0.503. The second-order valence-electron chi connectivity index (χ2n) is 9.09. The zero-order valence-electron chi connectivity index (χ0n) is 19.2. The van der Waals surface area contributed by atoms with Crippen LogP contribution in [0.5, 0.6) is 5.75 Å². The number of Topliss-reactive ketones (excluding diaryl/α,β-unsaturated/α-hetero) is 1. The predicted octanol–water partition coefficient (Wildman–Crippen LogP) is 6.05. The maximum absolute atomic E-state index is 12.6. The number of hydrogen-bond donors (Lipinski definition) is 1. The third kappa shape index (κ3) is 8.23. The molecule has 0 bridgehead atoms. The first-order valence-electron chi connectivity index (χ1n) is 11.3. The van der Waals surface area contributed by atoms with Gasteiger partial charge in [0.05, 0.1) is 0 Å². The Bertz CT molecular complexity index is 899. The van der Waals surface area contributed by atoms with Gasteiger partial charge >= 0.3 is 6.09 Å². The van der Waals surface area contributed by atoms with E-state index in [9.17, 15) is 9.59 Å². The Morgan fingerprint density at radius 1 is 1.06 bits per heavy atom. The fourth-order valence-electron chi connectivity index (χ4n) is 3.55. The number of amides is 1. The van der Waals surface area contributed by atoms with Crippen LogP contribution in [0.2, 0.25) is 0 Å². The molecular weight excluding hydrogens is 422 g/mol. The maximum atomic E-state index is 12.6. The molecule has 1 aliphatic rings. The molecule has 1 saturated carbocycles. The molecule has 1 aliphatic carbocycles. The Hall–Kier alpha value is -2.47. The van der Waals surface area contributed by atoms with Crippen LogP contribution in [0.1, 0.15) is 62.4 Å². The molecule has 0 unspecified atom stereocenters. The van der Waals surface area contributed by atoms with Crippen molar-refractivity contribution in [2.75, 3.05) is 13.2 Å². The topological polar surface area (TPSA) is 64.6 Å². The average molecular weight is 456 g/mol. The van der Waals surface area contributed by atoms with E-state index in [1.54, 1.807) is 0 Å². The summed E-state index contributed by atoms with van der Waals surface area (Å²) in [6.45, 7) is 6.01. The van der Waals surface area contributed by atoms with Gasteiger partial charge in [-0.2, -0.15) is 0 Å². The number of ketones is 1. The number of carbonyl (C=O) groups excluding carboxylic acids is 2. The number of thioether (sulfide) groups is 1. The number of rotatable bonds is 9. The molecule has 3 rings (SSSR count). The molecule has 0 saturated heterocycles. The summed E-state index contributed by atoms with van der Waals surface area (Å²) in [5, 5.41) is 3.42. The van der Waals surface area contributed by atoms with Gasteiger partial charge in [-0.3, -0.25) is 4.79 Å². The molecule has 1 amide bonds. The summed E-state index contributed by atoms with van der Waals surface area (Å²) < 4.78 is 10.9. The molecule has 1 fully saturated rings. The van der Waals surface area contributed by atoms with Crippen LogP contribution >= 0.6 is 11.8 Å². The highest BCUT2D eigenvalue weighted by molar-refractivity contribution is 8.00. The summed E-state index contributed by atoms with van der Waals surface area (Å²) in [5.41, 5.74) is 1.26. The lowest BCUT2D eigenvalue weighted by molar-refractivity contribution is 0.0528. The number of alkyl carbamates (subject to hydrolysis) is 1. The molecule has 2 aromatic carbocycles. The largest absolute Gasteiger partial charge is 0.485 e. The monoisotopic (exact) mass is 455 g/mol. The van der Waals surface area contributed by atoms with E-state index in [0.717, 1.165) is 10.5 Å². The van der Waals surface area contributed by atoms with Crippen molar-refractivity contribution >= 4 is 23.6 Å². The van der Waals surface area contributed by atoms with Gasteiger partial charge in [0.2, 0.25) is 0 Å². The van der Waals surface area contributed by atoms with Crippen molar-refractivity contribution in [2.24, 2.45) is 0 Å².